The lowest BCUT2D eigenvalue weighted by molar-refractivity contribution is 0.401. The lowest BCUT2D eigenvalue weighted by Gasteiger charge is -2.27. The highest BCUT2D eigenvalue weighted by atomic mass is 32.2. The fourth-order valence-electron chi connectivity index (χ4n) is 2.48. The molecule has 2 aliphatic rings. The van der Waals surface area contributed by atoms with Gasteiger partial charge in [0.2, 0.25) is 0 Å². The molecule has 0 radical (unpaired) electrons. The van der Waals surface area contributed by atoms with Gasteiger partial charge in [0.25, 0.3) is 0 Å². The molecule has 3 rings (SSSR count). The van der Waals surface area contributed by atoms with Crippen molar-refractivity contribution in [1.82, 2.24) is 10.3 Å². The van der Waals surface area contributed by atoms with E-state index in [2.05, 4.69) is 34.4 Å². The Bertz CT molecular complexity index is 367. The van der Waals surface area contributed by atoms with Gasteiger partial charge in [-0.2, -0.15) is 11.8 Å². The zero-order valence-corrected chi connectivity index (χ0v) is 11.9. The first-order valence-electron chi connectivity index (χ1n) is 6.59. The van der Waals surface area contributed by atoms with Crippen LogP contribution in [0.15, 0.2) is 5.38 Å². The van der Waals surface area contributed by atoms with Crippen LogP contribution in [0.2, 0.25) is 0 Å². The number of rotatable bonds is 4. The molecule has 2 atom stereocenters. The minimum atomic E-state index is 0.539. The van der Waals surface area contributed by atoms with Crippen molar-refractivity contribution in [2.75, 3.05) is 11.5 Å². The third-order valence-corrected chi connectivity index (χ3v) is 5.83. The van der Waals surface area contributed by atoms with E-state index in [0.717, 1.165) is 5.92 Å². The minimum Gasteiger partial charge on any atom is -0.304 e. The summed E-state index contributed by atoms with van der Waals surface area (Å²) in [6, 6.07) is 1.25. The summed E-state index contributed by atoms with van der Waals surface area (Å²) < 4.78 is 0. The number of thioether (sulfide) groups is 1. The van der Waals surface area contributed by atoms with Gasteiger partial charge >= 0.3 is 0 Å². The molecule has 1 N–H and O–H groups in total. The molecule has 1 saturated heterocycles. The van der Waals surface area contributed by atoms with E-state index in [1.165, 1.54) is 47.9 Å². The molecule has 4 heteroatoms. The smallest absolute Gasteiger partial charge is 0.110 e. The highest BCUT2D eigenvalue weighted by molar-refractivity contribution is 7.99. The van der Waals surface area contributed by atoms with Crippen LogP contribution >= 0.6 is 23.1 Å². The van der Waals surface area contributed by atoms with Crippen molar-refractivity contribution in [3.05, 3.63) is 16.1 Å². The van der Waals surface area contributed by atoms with Gasteiger partial charge in [-0.3, -0.25) is 0 Å². The topological polar surface area (TPSA) is 24.9 Å². The van der Waals surface area contributed by atoms with E-state index in [4.69, 9.17) is 0 Å². The molecule has 2 heterocycles. The second-order valence-corrected chi connectivity index (χ2v) is 7.26. The standard InChI is InChI=1S/C13H20N2S2/c1-9-7-17-13(14-9)12(10-4-5-10)15-11-3-2-6-16-8-11/h7,10-12,15H,2-6,8H2,1H3. The second kappa shape index (κ2) is 5.29. The van der Waals surface area contributed by atoms with Crippen molar-refractivity contribution in [2.24, 2.45) is 5.92 Å². The zero-order valence-electron chi connectivity index (χ0n) is 10.3. The van der Waals surface area contributed by atoms with Gasteiger partial charge in [-0.1, -0.05) is 0 Å². The second-order valence-electron chi connectivity index (χ2n) is 5.22. The number of aryl methyl sites for hydroxylation is 1. The van der Waals surface area contributed by atoms with E-state index in [9.17, 15) is 0 Å². The third-order valence-electron chi connectivity index (χ3n) is 3.57. The molecular weight excluding hydrogens is 248 g/mol. The number of hydrogen-bond acceptors (Lipinski definition) is 4. The molecular formula is C13H20N2S2. The fourth-order valence-corrected chi connectivity index (χ4v) is 4.51. The van der Waals surface area contributed by atoms with Crippen molar-refractivity contribution in [3.63, 3.8) is 0 Å². The molecule has 94 valence electrons. The molecule has 2 fully saturated rings. The van der Waals surface area contributed by atoms with Crippen LogP contribution in [0.5, 0.6) is 0 Å². The van der Waals surface area contributed by atoms with Crippen molar-refractivity contribution < 1.29 is 0 Å². The van der Waals surface area contributed by atoms with Gasteiger partial charge in [-0.05, 0) is 44.3 Å². The Hall–Kier alpha value is -0.0600. The maximum absolute atomic E-state index is 4.69. The summed E-state index contributed by atoms with van der Waals surface area (Å²) >= 11 is 3.93. The van der Waals surface area contributed by atoms with Crippen LogP contribution in [0.3, 0.4) is 0 Å². The normalized spacial score (nSPS) is 27.0. The Labute approximate surface area is 112 Å². The minimum absolute atomic E-state index is 0.539. The molecule has 1 saturated carbocycles. The Kier molecular flexibility index (Phi) is 3.73. The number of hydrogen-bond donors (Lipinski definition) is 1. The molecule has 2 nitrogen and oxygen atoms in total. The van der Waals surface area contributed by atoms with E-state index >= 15 is 0 Å². The largest absolute Gasteiger partial charge is 0.304 e. The lowest BCUT2D eigenvalue weighted by atomic mass is 10.1. The average Bonchev–Trinajstić information content (AvgIpc) is 3.10. The number of thiazole rings is 1. The van der Waals surface area contributed by atoms with Crippen molar-refractivity contribution in [3.8, 4) is 0 Å². The van der Waals surface area contributed by atoms with Crippen LogP contribution in [0.25, 0.3) is 0 Å². The molecule has 1 aliphatic carbocycles. The average molecular weight is 268 g/mol. The van der Waals surface area contributed by atoms with E-state index in [1.807, 2.05) is 11.3 Å². The Morgan fingerprint density at radius 3 is 2.88 bits per heavy atom. The van der Waals surface area contributed by atoms with Crippen LogP contribution < -0.4 is 5.32 Å². The summed E-state index contributed by atoms with van der Waals surface area (Å²) in [4.78, 5) is 4.69. The first kappa shape index (κ1) is 12.0. The SMILES string of the molecule is Cc1csc(C(NC2CCCSC2)C2CC2)n1. The van der Waals surface area contributed by atoms with E-state index in [0.29, 0.717) is 12.1 Å². The Morgan fingerprint density at radius 2 is 2.29 bits per heavy atom. The van der Waals surface area contributed by atoms with Crippen molar-refractivity contribution in [1.29, 1.82) is 0 Å². The van der Waals surface area contributed by atoms with Gasteiger partial charge in [-0.25, -0.2) is 4.98 Å². The quantitative estimate of drug-likeness (QED) is 0.906. The van der Waals surface area contributed by atoms with E-state index < -0.39 is 0 Å². The summed E-state index contributed by atoms with van der Waals surface area (Å²) in [5.41, 5.74) is 1.18. The first-order valence-corrected chi connectivity index (χ1v) is 8.62. The molecule has 0 spiro atoms. The third kappa shape index (κ3) is 3.04. The molecule has 0 aromatic carbocycles. The van der Waals surface area contributed by atoms with Gasteiger partial charge in [0.1, 0.15) is 5.01 Å². The predicted molar refractivity (Wildman–Crippen MR) is 75.8 cm³/mol. The summed E-state index contributed by atoms with van der Waals surface area (Å²) in [6.45, 7) is 2.10. The molecule has 2 unspecified atom stereocenters. The number of nitrogens with one attached hydrogen (secondary N) is 1. The Balaban J connectivity index is 1.67. The van der Waals surface area contributed by atoms with Gasteiger partial charge in [0.15, 0.2) is 0 Å². The summed E-state index contributed by atoms with van der Waals surface area (Å²) in [6.07, 6.45) is 5.49. The predicted octanol–water partition coefficient (Wildman–Crippen LogP) is 3.39. The van der Waals surface area contributed by atoms with Gasteiger partial charge in [-0.15, -0.1) is 11.3 Å². The van der Waals surface area contributed by atoms with E-state index in [-0.39, 0.29) is 0 Å². The van der Waals surface area contributed by atoms with Gasteiger partial charge in [0, 0.05) is 22.9 Å². The highest BCUT2D eigenvalue weighted by Gasteiger charge is 2.35. The van der Waals surface area contributed by atoms with Gasteiger partial charge in [0.05, 0.1) is 6.04 Å². The maximum atomic E-state index is 4.69. The molecule has 17 heavy (non-hydrogen) atoms. The summed E-state index contributed by atoms with van der Waals surface area (Å²) in [5, 5.41) is 7.38. The number of aromatic nitrogens is 1. The maximum Gasteiger partial charge on any atom is 0.110 e. The molecule has 0 bridgehead atoms. The van der Waals surface area contributed by atoms with Crippen molar-refractivity contribution >= 4 is 23.1 Å². The van der Waals surface area contributed by atoms with Crippen LogP contribution in [-0.2, 0) is 0 Å². The molecule has 1 aromatic heterocycles. The molecule has 0 amide bonds. The Morgan fingerprint density at radius 1 is 1.41 bits per heavy atom. The summed E-state index contributed by atoms with van der Waals surface area (Å²) in [5.74, 6) is 3.49. The number of nitrogens with zero attached hydrogens (tertiary/aromatic N) is 1. The first-order chi connectivity index (χ1) is 8.33. The molecule has 1 aliphatic heterocycles. The fraction of sp³-hybridized carbons (Fsp3) is 0.769. The molecule has 1 aromatic rings. The van der Waals surface area contributed by atoms with Crippen LogP contribution in [0, 0.1) is 12.8 Å². The van der Waals surface area contributed by atoms with Crippen LogP contribution in [0.1, 0.15) is 42.4 Å². The summed E-state index contributed by atoms with van der Waals surface area (Å²) in [7, 11) is 0. The van der Waals surface area contributed by atoms with E-state index in [1.54, 1.807) is 0 Å². The van der Waals surface area contributed by atoms with Gasteiger partial charge < -0.3 is 5.32 Å². The lowest BCUT2D eigenvalue weighted by Crippen LogP contribution is -2.37. The van der Waals surface area contributed by atoms with Crippen LogP contribution in [-0.4, -0.2) is 22.5 Å². The highest BCUT2D eigenvalue weighted by Crippen LogP contribution is 2.42. The van der Waals surface area contributed by atoms with Crippen molar-refractivity contribution in [2.45, 2.75) is 44.7 Å². The van der Waals surface area contributed by atoms with Crippen LogP contribution in [0.4, 0.5) is 0 Å². The monoisotopic (exact) mass is 268 g/mol. The zero-order chi connectivity index (χ0) is 11.7.